The molecule has 2 aromatic rings. The number of aliphatic carboxylic acids is 1. The van der Waals surface area contributed by atoms with E-state index in [2.05, 4.69) is 5.10 Å². The van der Waals surface area contributed by atoms with Crippen LogP contribution in [-0.2, 0) is 4.79 Å². The van der Waals surface area contributed by atoms with E-state index in [9.17, 15) is 32.6 Å². The predicted octanol–water partition coefficient (Wildman–Crippen LogP) is 5.58. The Morgan fingerprint density at radius 3 is 2.38 bits per heavy atom. The van der Waals surface area contributed by atoms with E-state index in [1.54, 1.807) is 31.2 Å². The number of ether oxygens (including phenoxy) is 1. The molecule has 1 fully saturated rings. The molecule has 4 rings (SSSR count). The summed E-state index contributed by atoms with van der Waals surface area (Å²) in [5.41, 5.74) is -1.78. The van der Waals surface area contributed by atoms with Gasteiger partial charge >= 0.3 is 12.1 Å². The van der Waals surface area contributed by atoms with Gasteiger partial charge in [0.05, 0.1) is 23.8 Å². The molecule has 2 aliphatic rings. The molecule has 2 heterocycles. The minimum atomic E-state index is -4.68. The molecule has 0 radical (unpaired) electrons. The van der Waals surface area contributed by atoms with Crippen molar-refractivity contribution in [3.8, 4) is 11.5 Å². The third-order valence-corrected chi connectivity index (χ3v) is 7.27. The van der Waals surface area contributed by atoms with E-state index in [-0.39, 0.29) is 18.3 Å². The topological polar surface area (TPSA) is 85.6 Å². The summed E-state index contributed by atoms with van der Waals surface area (Å²) < 4.78 is 61.5. The lowest BCUT2D eigenvalue weighted by atomic mass is 9.74. The minimum absolute atomic E-state index is 0.00982. The highest BCUT2D eigenvalue weighted by molar-refractivity contribution is 5.99. The standard InChI is InChI=1S/C26H29F4N3O4/c1-3-25(2)22(15-23(35)36)33(31-24(25)26(28,29)30)16-4-7-18(8-5-16)37-19-10-12-32(13-11-19)21-14-17(34)6-9-20(21)27/h4-9,14,19,22,34H,3,10-13,15H2,1-2H3,(H,35,36)/t22-,25-/m0/s1. The number of hydrazone groups is 1. The molecule has 0 unspecified atom stereocenters. The van der Waals surface area contributed by atoms with Gasteiger partial charge in [-0.2, -0.15) is 18.3 Å². The first-order valence-corrected chi connectivity index (χ1v) is 12.1. The Morgan fingerprint density at radius 2 is 1.81 bits per heavy atom. The smallest absolute Gasteiger partial charge is 0.431 e. The number of phenolic OH excluding ortho intramolecular Hbond substituents is 1. The summed E-state index contributed by atoms with van der Waals surface area (Å²) >= 11 is 0. The Balaban J connectivity index is 1.46. The van der Waals surface area contributed by atoms with Crippen LogP contribution in [0, 0.1) is 11.2 Å². The quantitative estimate of drug-likeness (QED) is 0.461. The lowest BCUT2D eigenvalue weighted by molar-refractivity contribution is -0.138. The third-order valence-electron chi connectivity index (χ3n) is 7.27. The van der Waals surface area contributed by atoms with Gasteiger partial charge in [0.25, 0.3) is 0 Å². The molecule has 0 saturated carbocycles. The Bertz CT molecular complexity index is 1160. The number of carboxylic acids is 1. The van der Waals surface area contributed by atoms with E-state index in [1.807, 2.05) is 4.90 Å². The van der Waals surface area contributed by atoms with Gasteiger partial charge in [-0.05, 0) is 42.8 Å². The molecule has 7 nitrogen and oxygen atoms in total. The van der Waals surface area contributed by atoms with Gasteiger partial charge in [-0.3, -0.25) is 9.80 Å². The highest BCUT2D eigenvalue weighted by Crippen LogP contribution is 2.46. The second kappa shape index (κ2) is 10.1. The van der Waals surface area contributed by atoms with Crippen LogP contribution >= 0.6 is 0 Å². The first-order valence-electron chi connectivity index (χ1n) is 12.1. The second-order valence-corrected chi connectivity index (χ2v) is 9.61. The number of nitrogens with zero attached hydrogens (tertiary/aromatic N) is 3. The number of hydrogen-bond donors (Lipinski definition) is 2. The maximum atomic E-state index is 14.1. The van der Waals surface area contributed by atoms with Gasteiger partial charge in [-0.25, -0.2) is 4.39 Å². The SMILES string of the molecule is CC[C@]1(C)C(C(F)(F)F)=NN(c2ccc(OC3CCN(c4cc(O)ccc4F)CC3)cc2)[C@H]1CC(=O)O. The molecule has 200 valence electrons. The Morgan fingerprint density at radius 1 is 1.16 bits per heavy atom. The van der Waals surface area contributed by atoms with Crippen LogP contribution in [0.1, 0.15) is 39.5 Å². The van der Waals surface area contributed by atoms with Crippen molar-refractivity contribution in [1.82, 2.24) is 0 Å². The van der Waals surface area contributed by atoms with Crippen LogP contribution in [0.25, 0.3) is 0 Å². The Labute approximate surface area is 211 Å². The van der Waals surface area contributed by atoms with E-state index in [0.29, 0.717) is 43.1 Å². The normalized spacial score (nSPS) is 22.8. The molecule has 0 bridgehead atoms. The minimum Gasteiger partial charge on any atom is -0.508 e. The van der Waals surface area contributed by atoms with E-state index in [0.717, 1.165) is 5.01 Å². The number of rotatable bonds is 7. The zero-order valence-corrected chi connectivity index (χ0v) is 20.5. The summed E-state index contributed by atoms with van der Waals surface area (Å²) in [4.78, 5) is 13.3. The summed E-state index contributed by atoms with van der Waals surface area (Å²) in [6, 6.07) is 9.30. The summed E-state index contributed by atoms with van der Waals surface area (Å²) in [5, 5.41) is 24.1. The van der Waals surface area contributed by atoms with Crippen molar-refractivity contribution in [2.24, 2.45) is 10.5 Å². The lowest BCUT2D eigenvalue weighted by Crippen LogP contribution is -2.46. The average Bonchev–Trinajstić information content (AvgIpc) is 3.14. The molecule has 0 spiro atoms. The van der Waals surface area contributed by atoms with Crippen LogP contribution in [0.2, 0.25) is 0 Å². The summed E-state index contributed by atoms with van der Waals surface area (Å²) in [6.07, 6.45) is -4.03. The van der Waals surface area contributed by atoms with Gasteiger partial charge in [0, 0.05) is 37.4 Å². The highest BCUT2D eigenvalue weighted by Gasteiger charge is 2.57. The lowest BCUT2D eigenvalue weighted by Gasteiger charge is -2.35. The first kappa shape index (κ1) is 26.6. The molecule has 1 saturated heterocycles. The van der Waals surface area contributed by atoms with E-state index >= 15 is 0 Å². The fraction of sp³-hybridized carbons (Fsp3) is 0.462. The number of hydrogen-bond acceptors (Lipinski definition) is 6. The summed E-state index contributed by atoms with van der Waals surface area (Å²) in [7, 11) is 0. The molecular weight excluding hydrogens is 494 g/mol. The van der Waals surface area contributed by atoms with Gasteiger partial charge in [-0.15, -0.1) is 0 Å². The van der Waals surface area contributed by atoms with E-state index in [1.165, 1.54) is 25.1 Å². The maximum Gasteiger partial charge on any atom is 0.431 e. The number of anilines is 2. The second-order valence-electron chi connectivity index (χ2n) is 9.61. The Kier molecular flexibility index (Phi) is 7.25. The van der Waals surface area contributed by atoms with Gasteiger partial charge < -0.3 is 19.8 Å². The van der Waals surface area contributed by atoms with Crippen LogP contribution < -0.4 is 14.6 Å². The number of phenols is 1. The van der Waals surface area contributed by atoms with Gasteiger partial charge in [0.15, 0.2) is 0 Å². The molecule has 0 amide bonds. The first-order chi connectivity index (χ1) is 17.4. The Hall–Kier alpha value is -3.50. The monoisotopic (exact) mass is 523 g/mol. The van der Waals surface area contributed by atoms with Crippen LogP contribution in [0.5, 0.6) is 11.5 Å². The number of aromatic hydroxyl groups is 1. The number of halogens is 4. The fourth-order valence-electron chi connectivity index (χ4n) is 5.05. The van der Waals surface area contributed by atoms with E-state index < -0.39 is 41.6 Å². The number of piperidine rings is 1. The van der Waals surface area contributed by atoms with Crippen molar-refractivity contribution in [1.29, 1.82) is 0 Å². The third kappa shape index (κ3) is 5.45. The van der Waals surface area contributed by atoms with Crippen LogP contribution in [0.3, 0.4) is 0 Å². The molecule has 2 N–H and O–H groups in total. The molecule has 37 heavy (non-hydrogen) atoms. The van der Waals surface area contributed by atoms with Gasteiger partial charge in [0.1, 0.15) is 29.1 Å². The van der Waals surface area contributed by atoms with Gasteiger partial charge in [-0.1, -0.05) is 13.8 Å². The number of carboxylic acid groups (broad SMARTS) is 1. The molecule has 0 aromatic heterocycles. The number of carbonyl (C=O) groups is 1. The summed E-state index contributed by atoms with van der Waals surface area (Å²) in [5.74, 6) is -1.11. The van der Waals surface area contributed by atoms with Crippen molar-refractivity contribution in [2.75, 3.05) is 23.0 Å². The van der Waals surface area contributed by atoms with Crippen molar-refractivity contribution in [3.05, 3.63) is 48.3 Å². The predicted molar refractivity (Wildman–Crippen MR) is 131 cm³/mol. The number of benzene rings is 2. The van der Waals surface area contributed by atoms with E-state index in [4.69, 9.17) is 4.74 Å². The van der Waals surface area contributed by atoms with Crippen molar-refractivity contribution in [3.63, 3.8) is 0 Å². The van der Waals surface area contributed by atoms with Crippen molar-refractivity contribution < 1.29 is 37.3 Å². The molecule has 2 atom stereocenters. The fourth-order valence-corrected chi connectivity index (χ4v) is 5.05. The summed E-state index contributed by atoms with van der Waals surface area (Å²) in [6.45, 7) is 4.05. The van der Waals surface area contributed by atoms with Crippen molar-refractivity contribution in [2.45, 2.75) is 57.9 Å². The van der Waals surface area contributed by atoms with Crippen LogP contribution in [-0.4, -0.2) is 53.3 Å². The largest absolute Gasteiger partial charge is 0.508 e. The van der Waals surface area contributed by atoms with Gasteiger partial charge in [0.2, 0.25) is 0 Å². The average molecular weight is 524 g/mol. The molecule has 11 heteroatoms. The van der Waals surface area contributed by atoms with Crippen LogP contribution in [0.4, 0.5) is 28.9 Å². The maximum absolute atomic E-state index is 14.1. The van der Waals surface area contributed by atoms with Crippen molar-refractivity contribution >= 4 is 23.1 Å². The zero-order valence-electron chi connectivity index (χ0n) is 20.5. The number of alkyl halides is 3. The molecule has 0 aliphatic carbocycles. The molecule has 2 aromatic carbocycles. The van der Waals surface area contributed by atoms with Crippen LogP contribution in [0.15, 0.2) is 47.6 Å². The zero-order chi connectivity index (χ0) is 27.0. The molecule has 2 aliphatic heterocycles. The highest BCUT2D eigenvalue weighted by atomic mass is 19.4. The molecular formula is C26H29F4N3O4.